The summed E-state index contributed by atoms with van der Waals surface area (Å²) in [5.74, 6) is -2.89. The van der Waals surface area contributed by atoms with Crippen LogP contribution in [-0.4, -0.2) is 42.2 Å². The third-order valence-corrected chi connectivity index (χ3v) is 2.96. The maximum atomic E-state index is 13.3. The van der Waals surface area contributed by atoms with Crippen molar-refractivity contribution in [3.8, 4) is 0 Å². The minimum absolute atomic E-state index is 0.0537. The van der Waals surface area contributed by atoms with E-state index < -0.39 is 23.0 Å². The van der Waals surface area contributed by atoms with Gasteiger partial charge in [-0.2, -0.15) is 0 Å². The predicted octanol–water partition coefficient (Wildman–Crippen LogP) is 1.84. The maximum absolute atomic E-state index is 13.3. The molecule has 1 rings (SSSR count). The van der Waals surface area contributed by atoms with E-state index in [9.17, 15) is 13.6 Å². The van der Waals surface area contributed by atoms with Crippen LogP contribution >= 0.6 is 0 Å². The standard InChI is InChI=1S/C11H20F2N2O2/c1-9(2,3)17-8(16)15-6-11(5-14,7-15)10(4,12)13/h5-7,14H2,1-4H3. The number of nitrogens with two attached hydrogens (primary N) is 1. The largest absolute Gasteiger partial charge is 0.444 e. The average molecular weight is 250 g/mol. The van der Waals surface area contributed by atoms with E-state index in [1.54, 1.807) is 20.8 Å². The fourth-order valence-electron chi connectivity index (χ4n) is 1.73. The highest BCUT2D eigenvalue weighted by Gasteiger charge is 2.58. The third-order valence-electron chi connectivity index (χ3n) is 2.96. The van der Waals surface area contributed by atoms with Gasteiger partial charge in [0.05, 0.1) is 5.41 Å². The minimum atomic E-state index is -2.89. The average Bonchev–Trinajstić information content (AvgIpc) is 1.95. The fraction of sp³-hybridized carbons (Fsp3) is 0.909. The number of halogens is 2. The number of ether oxygens (including phenoxy) is 1. The van der Waals surface area contributed by atoms with E-state index in [4.69, 9.17) is 10.5 Å². The fourth-order valence-corrected chi connectivity index (χ4v) is 1.73. The highest BCUT2D eigenvalue weighted by Crippen LogP contribution is 2.43. The Morgan fingerprint density at radius 1 is 1.35 bits per heavy atom. The number of likely N-dealkylation sites (tertiary alicyclic amines) is 1. The van der Waals surface area contributed by atoms with E-state index in [-0.39, 0.29) is 19.6 Å². The molecule has 0 saturated carbocycles. The molecule has 1 amide bonds. The van der Waals surface area contributed by atoms with Gasteiger partial charge in [0.15, 0.2) is 0 Å². The first-order chi connectivity index (χ1) is 7.51. The molecule has 1 saturated heterocycles. The van der Waals surface area contributed by atoms with Gasteiger partial charge in [-0.05, 0) is 20.8 Å². The molecule has 0 aromatic heterocycles. The molecule has 0 aliphatic carbocycles. The monoisotopic (exact) mass is 250 g/mol. The molecule has 0 aromatic carbocycles. The van der Waals surface area contributed by atoms with Crippen molar-refractivity contribution in [1.82, 2.24) is 4.90 Å². The van der Waals surface area contributed by atoms with Gasteiger partial charge in [0.25, 0.3) is 5.92 Å². The molecule has 0 radical (unpaired) electrons. The lowest BCUT2D eigenvalue weighted by Gasteiger charge is -2.51. The van der Waals surface area contributed by atoms with Gasteiger partial charge in [0, 0.05) is 26.6 Å². The van der Waals surface area contributed by atoms with E-state index in [2.05, 4.69) is 0 Å². The quantitative estimate of drug-likeness (QED) is 0.813. The molecule has 100 valence electrons. The van der Waals surface area contributed by atoms with Gasteiger partial charge in [-0.1, -0.05) is 0 Å². The van der Waals surface area contributed by atoms with Crippen LogP contribution in [0, 0.1) is 5.41 Å². The smallest absolute Gasteiger partial charge is 0.410 e. The summed E-state index contributed by atoms with van der Waals surface area (Å²) in [6.45, 7) is 5.78. The summed E-state index contributed by atoms with van der Waals surface area (Å²) in [5, 5.41) is 0. The molecule has 1 heterocycles. The zero-order chi connectivity index (χ0) is 13.5. The normalized spacial score (nSPS) is 19.8. The highest BCUT2D eigenvalue weighted by atomic mass is 19.3. The minimum Gasteiger partial charge on any atom is -0.444 e. The van der Waals surface area contributed by atoms with Crippen molar-refractivity contribution in [1.29, 1.82) is 0 Å². The lowest BCUT2D eigenvalue weighted by Crippen LogP contribution is -2.68. The molecule has 0 aromatic rings. The number of amides is 1. The molecule has 1 aliphatic heterocycles. The molecular formula is C11H20F2N2O2. The van der Waals surface area contributed by atoms with Crippen molar-refractivity contribution in [3.63, 3.8) is 0 Å². The van der Waals surface area contributed by atoms with Crippen LogP contribution in [-0.2, 0) is 4.74 Å². The molecule has 1 aliphatic rings. The lowest BCUT2D eigenvalue weighted by molar-refractivity contribution is -0.168. The van der Waals surface area contributed by atoms with Crippen LogP contribution in [0.25, 0.3) is 0 Å². The predicted molar refractivity (Wildman–Crippen MR) is 59.9 cm³/mol. The number of carbonyl (C=O) groups excluding carboxylic acids is 1. The number of alkyl halides is 2. The van der Waals surface area contributed by atoms with Gasteiger partial charge in [-0.3, -0.25) is 0 Å². The zero-order valence-electron chi connectivity index (χ0n) is 10.7. The second-order valence-electron chi connectivity index (χ2n) is 5.71. The van der Waals surface area contributed by atoms with Crippen LogP contribution in [0.5, 0.6) is 0 Å². The van der Waals surface area contributed by atoms with E-state index in [0.717, 1.165) is 6.92 Å². The van der Waals surface area contributed by atoms with E-state index in [0.29, 0.717) is 0 Å². The number of hydrogen-bond acceptors (Lipinski definition) is 3. The Kier molecular flexibility index (Phi) is 3.40. The van der Waals surface area contributed by atoms with Crippen molar-refractivity contribution in [2.24, 2.45) is 11.1 Å². The van der Waals surface area contributed by atoms with Gasteiger partial charge in [0.1, 0.15) is 5.60 Å². The molecular weight excluding hydrogens is 230 g/mol. The first-order valence-corrected chi connectivity index (χ1v) is 5.57. The van der Waals surface area contributed by atoms with Gasteiger partial charge >= 0.3 is 6.09 Å². The van der Waals surface area contributed by atoms with Crippen molar-refractivity contribution in [3.05, 3.63) is 0 Å². The molecule has 0 bridgehead atoms. The molecule has 17 heavy (non-hydrogen) atoms. The molecule has 0 atom stereocenters. The summed E-state index contributed by atoms with van der Waals surface area (Å²) in [5.41, 5.74) is 3.47. The van der Waals surface area contributed by atoms with Crippen molar-refractivity contribution < 1.29 is 18.3 Å². The Morgan fingerprint density at radius 2 is 1.82 bits per heavy atom. The Bertz CT molecular complexity index is 302. The van der Waals surface area contributed by atoms with Gasteiger partial charge in [0.2, 0.25) is 0 Å². The van der Waals surface area contributed by atoms with Crippen LogP contribution < -0.4 is 5.73 Å². The Balaban J connectivity index is 2.59. The highest BCUT2D eigenvalue weighted by molar-refractivity contribution is 5.69. The topological polar surface area (TPSA) is 55.6 Å². The second kappa shape index (κ2) is 4.08. The van der Waals surface area contributed by atoms with Gasteiger partial charge < -0.3 is 15.4 Å². The number of rotatable bonds is 2. The van der Waals surface area contributed by atoms with E-state index >= 15 is 0 Å². The molecule has 0 unspecified atom stereocenters. The number of carbonyl (C=O) groups is 1. The molecule has 6 heteroatoms. The number of hydrogen-bond donors (Lipinski definition) is 1. The second-order valence-corrected chi connectivity index (χ2v) is 5.71. The Hall–Kier alpha value is -0.910. The summed E-state index contributed by atoms with van der Waals surface area (Å²) >= 11 is 0. The summed E-state index contributed by atoms with van der Waals surface area (Å²) < 4.78 is 31.8. The lowest BCUT2D eigenvalue weighted by atomic mass is 9.75. The molecule has 0 spiro atoms. The molecule has 1 fully saturated rings. The van der Waals surface area contributed by atoms with Crippen LogP contribution in [0.15, 0.2) is 0 Å². The summed E-state index contributed by atoms with van der Waals surface area (Å²) in [4.78, 5) is 12.8. The molecule has 2 N–H and O–H groups in total. The Labute approximate surface area is 100 Å². The first-order valence-electron chi connectivity index (χ1n) is 5.57. The van der Waals surface area contributed by atoms with E-state index in [1.807, 2.05) is 0 Å². The first kappa shape index (κ1) is 14.2. The van der Waals surface area contributed by atoms with Crippen LogP contribution in [0.4, 0.5) is 13.6 Å². The van der Waals surface area contributed by atoms with Gasteiger partial charge in [-0.25, -0.2) is 13.6 Å². The maximum Gasteiger partial charge on any atom is 0.410 e. The summed E-state index contributed by atoms with van der Waals surface area (Å²) in [6.07, 6.45) is -0.564. The van der Waals surface area contributed by atoms with Crippen molar-refractivity contribution in [2.75, 3.05) is 19.6 Å². The number of nitrogens with zero attached hydrogens (tertiary/aromatic N) is 1. The van der Waals surface area contributed by atoms with Crippen LogP contribution in [0.1, 0.15) is 27.7 Å². The van der Waals surface area contributed by atoms with Crippen molar-refractivity contribution >= 4 is 6.09 Å². The zero-order valence-corrected chi connectivity index (χ0v) is 10.7. The van der Waals surface area contributed by atoms with Gasteiger partial charge in [-0.15, -0.1) is 0 Å². The summed E-state index contributed by atoms with van der Waals surface area (Å²) in [6, 6.07) is 0. The van der Waals surface area contributed by atoms with Crippen LogP contribution in [0.2, 0.25) is 0 Å². The third kappa shape index (κ3) is 2.86. The SMILES string of the molecule is CC(C)(C)OC(=O)N1CC(CN)(C(C)(F)F)C1. The molecule has 4 nitrogen and oxygen atoms in total. The van der Waals surface area contributed by atoms with Crippen LogP contribution in [0.3, 0.4) is 0 Å². The Morgan fingerprint density at radius 3 is 2.12 bits per heavy atom. The summed E-state index contributed by atoms with van der Waals surface area (Å²) in [7, 11) is 0. The van der Waals surface area contributed by atoms with E-state index in [1.165, 1.54) is 4.90 Å². The van der Waals surface area contributed by atoms with Crippen molar-refractivity contribution in [2.45, 2.75) is 39.2 Å².